The van der Waals surface area contributed by atoms with Gasteiger partial charge >= 0.3 is 0 Å². The monoisotopic (exact) mass is 322 g/mol. The second-order valence-corrected chi connectivity index (χ2v) is 5.43. The number of hydrogen-bond donors (Lipinski definition) is 2. The normalized spacial score (nSPS) is 13.1. The van der Waals surface area contributed by atoms with Crippen molar-refractivity contribution in [1.29, 1.82) is 0 Å². The molecule has 0 saturated heterocycles. The fourth-order valence-corrected chi connectivity index (χ4v) is 2.91. The Morgan fingerprint density at radius 3 is 2.50 bits per heavy atom. The summed E-state index contributed by atoms with van der Waals surface area (Å²) in [5.41, 5.74) is 2.31. The van der Waals surface area contributed by atoms with Gasteiger partial charge in [0.1, 0.15) is 17.2 Å². The van der Waals surface area contributed by atoms with Crippen molar-refractivity contribution < 1.29 is 19.4 Å². The number of ether oxygens (including phenoxy) is 2. The van der Waals surface area contributed by atoms with Gasteiger partial charge in [0.2, 0.25) is 5.78 Å². The average molecular weight is 322 g/mol. The van der Waals surface area contributed by atoms with Crippen LogP contribution in [-0.2, 0) is 0 Å². The number of hydrogen-bond acceptors (Lipinski definition) is 5. The number of benzene rings is 2. The van der Waals surface area contributed by atoms with Crippen LogP contribution in [-0.4, -0.2) is 35.8 Å². The quantitative estimate of drug-likeness (QED) is 0.775. The van der Waals surface area contributed by atoms with Crippen LogP contribution in [0.3, 0.4) is 0 Å². The summed E-state index contributed by atoms with van der Waals surface area (Å²) in [4.78, 5) is 20.0. The Hall–Kier alpha value is -3.28. The number of Topliss-reactive ketones (excluding diaryl/α,β-unsaturated/α-hetero) is 1. The van der Waals surface area contributed by atoms with E-state index in [9.17, 15) is 9.90 Å². The molecule has 0 radical (unpaired) electrons. The number of nitrogens with zero attached hydrogens (tertiary/aromatic N) is 1. The zero-order chi connectivity index (χ0) is 16.8. The molecule has 0 spiro atoms. The molecule has 2 heterocycles. The lowest BCUT2D eigenvalue weighted by atomic mass is 10.0. The average Bonchev–Trinajstić information content (AvgIpc) is 3.09. The summed E-state index contributed by atoms with van der Waals surface area (Å²) in [5, 5.41) is 11.0. The highest BCUT2D eigenvalue weighted by atomic mass is 16.5. The standard InChI is InChI=1S/C18H14N2O4/c1-23-9-3-5-13-11(7-9)15(18(22)20-13)16-17(21)12-8-10(24-2)4-6-14(12)19-16/h3-8,20,22H,1-2H3. The molecular formula is C18H14N2O4. The van der Waals surface area contributed by atoms with Crippen LogP contribution >= 0.6 is 0 Å². The van der Waals surface area contributed by atoms with Crippen LogP contribution in [0, 0.1) is 0 Å². The number of aromatic hydroxyl groups is 1. The number of H-pyrrole nitrogens is 1. The molecule has 1 aliphatic rings. The van der Waals surface area contributed by atoms with Crippen molar-refractivity contribution >= 4 is 28.1 Å². The summed E-state index contributed by atoms with van der Waals surface area (Å²) in [6.45, 7) is 0. The van der Waals surface area contributed by atoms with Crippen LogP contribution in [0.4, 0.5) is 5.69 Å². The third-order valence-corrected chi connectivity index (χ3v) is 4.12. The van der Waals surface area contributed by atoms with E-state index in [-0.39, 0.29) is 17.4 Å². The van der Waals surface area contributed by atoms with Crippen LogP contribution in [0.25, 0.3) is 10.9 Å². The van der Waals surface area contributed by atoms with E-state index in [2.05, 4.69) is 9.98 Å². The third kappa shape index (κ3) is 1.96. The van der Waals surface area contributed by atoms with Gasteiger partial charge in [-0.05, 0) is 36.4 Å². The first kappa shape index (κ1) is 14.3. The zero-order valence-corrected chi connectivity index (χ0v) is 13.1. The fourth-order valence-electron chi connectivity index (χ4n) is 2.91. The van der Waals surface area contributed by atoms with Crippen LogP contribution in [0.5, 0.6) is 17.4 Å². The van der Waals surface area contributed by atoms with Crippen molar-refractivity contribution in [3.8, 4) is 17.4 Å². The van der Waals surface area contributed by atoms with E-state index in [1.165, 1.54) is 0 Å². The topological polar surface area (TPSA) is 83.9 Å². The minimum Gasteiger partial charge on any atom is -0.497 e. The van der Waals surface area contributed by atoms with E-state index in [1.807, 2.05) is 0 Å². The van der Waals surface area contributed by atoms with Gasteiger partial charge in [-0.1, -0.05) is 0 Å². The number of rotatable bonds is 3. The van der Waals surface area contributed by atoms with Crippen LogP contribution in [0.15, 0.2) is 41.4 Å². The van der Waals surface area contributed by atoms with Crippen molar-refractivity contribution in [3.05, 3.63) is 47.5 Å². The van der Waals surface area contributed by atoms with Gasteiger partial charge < -0.3 is 19.6 Å². The highest BCUT2D eigenvalue weighted by Crippen LogP contribution is 2.37. The molecule has 0 amide bonds. The first-order valence-corrected chi connectivity index (χ1v) is 7.33. The number of methoxy groups -OCH3 is 2. The van der Waals surface area contributed by atoms with Crippen molar-refractivity contribution in [1.82, 2.24) is 4.98 Å². The van der Waals surface area contributed by atoms with Crippen molar-refractivity contribution in [3.63, 3.8) is 0 Å². The molecule has 0 fully saturated rings. The lowest BCUT2D eigenvalue weighted by Crippen LogP contribution is -2.11. The number of fused-ring (bicyclic) bond motifs is 2. The number of nitrogens with one attached hydrogen (secondary N) is 1. The van der Waals surface area contributed by atoms with Crippen molar-refractivity contribution in [2.75, 3.05) is 14.2 Å². The fraction of sp³-hybridized carbons (Fsp3) is 0.111. The SMILES string of the molecule is COc1ccc2c(c1)C(=O)C(c1c(O)[nH]c3ccc(OC)cc13)=N2. The third-order valence-electron chi connectivity index (χ3n) is 4.12. The summed E-state index contributed by atoms with van der Waals surface area (Å²) in [5.74, 6) is 0.879. The minimum atomic E-state index is -0.247. The van der Waals surface area contributed by atoms with Gasteiger partial charge in [0, 0.05) is 10.9 Å². The number of aliphatic imine (C=N–C) groups is 1. The maximum atomic E-state index is 12.8. The van der Waals surface area contributed by atoms with E-state index in [0.717, 1.165) is 0 Å². The number of aromatic amines is 1. The van der Waals surface area contributed by atoms with E-state index in [0.29, 0.717) is 39.2 Å². The Balaban J connectivity index is 1.90. The van der Waals surface area contributed by atoms with Gasteiger partial charge in [-0.25, -0.2) is 4.99 Å². The summed E-state index contributed by atoms with van der Waals surface area (Å²) in [6, 6.07) is 10.5. The zero-order valence-electron chi connectivity index (χ0n) is 13.1. The number of carbonyl (C=O) groups is 1. The molecule has 0 bridgehead atoms. The molecule has 0 saturated carbocycles. The Kier molecular flexibility index (Phi) is 3.06. The van der Waals surface area contributed by atoms with Crippen molar-refractivity contribution in [2.24, 2.45) is 4.99 Å². The maximum absolute atomic E-state index is 12.8. The molecule has 2 N–H and O–H groups in total. The summed E-state index contributed by atoms with van der Waals surface area (Å²) < 4.78 is 10.4. The highest BCUT2D eigenvalue weighted by Gasteiger charge is 2.30. The molecule has 0 atom stereocenters. The molecule has 2 aromatic carbocycles. The molecule has 6 heteroatoms. The summed E-state index contributed by atoms with van der Waals surface area (Å²) >= 11 is 0. The van der Waals surface area contributed by atoms with Gasteiger partial charge in [0.05, 0.1) is 31.0 Å². The predicted octanol–water partition coefficient (Wildman–Crippen LogP) is 3.21. The molecule has 24 heavy (non-hydrogen) atoms. The minimum absolute atomic E-state index is 0.0925. The van der Waals surface area contributed by atoms with Crippen molar-refractivity contribution in [2.45, 2.75) is 0 Å². The van der Waals surface area contributed by atoms with Crippen LogP contribution in [0.2, 0.25) is 0 Å². The van der Waals surface area contributed by atoms with Crippen LogP contribution < -0.4 is 9.47 Å². The van der Waals surface area contributed by atoms with E-state index in [4.69, 9.17) is 9.47 Å². The molecular weight excluding hydrogens is 308 g/mol. The smallest absolute Gasteiger partial charge is 0.214 e. The van der Waals surface area contributed by atoms with Gasteiger partial charge in [-0.2, -0.15) is 0 Å². The Morgan fingerprint density at radius 1 is 1.04 bits per heavy atom. The largest absolute Gasteiger partial charge is 0.497 e. The summed E-state index contributed by atoms with van der Waals surface area (Å²) in [6.07, 6.45) is 0. The van der Waals surface area contributed by atoms with E-state index >= 15 is 0 Å². The number of carbonyl (C=O) groups excluding carboxylic acids is 1. The first-order valence-electron chi connectivity index (χ1n) is 7.33. The van der Waals surface area contributed by atoms with E-state index in [1.54, 1.807) is 50.6 Å². The van der Waals surface area contributed by atoms with E-state index < -0.39 is 0 Å². The Labute approximate surface area is 137 Å². The number of aromatic nitrogens is 1. The first-order chi connectivity index (χ1) is 11.6. The van der Waals surface area contributed by atoms with Gasteiger partial charge in [-0.3, -0.25) is 4.79 Å². The second kappa shape index (κ2) is 5.13. The Bertz CT molecular complexity index is 1020. The molecule has 1 aliphatic heterocycles. The number of ketones is 1. The summed E-state index contributed by atoms with van der Waals surface area (Å²) in [7, 11) is 3.11. The molecule has 1 aromatic heterocycles. The maximum Gasteiger partial charge on any atom is 0.214 e. The predicted molar refractivity (Wildman–Crippen MR) is 90.0 cm³/mol. The molecule has 4 rings (SSSR count). The molecule has 3 aromatic rings. The lowest BCUT2D eigenvalue weighted by Gasteiger charge is -2.02. The highest BCUT2D eigenvalue weighted by molar-refractivity contribution is 6.56. The van der Waals surface area contributed by atoms with Gasteiger partial charge in [0.15, 0.2) is 5.88 Å². The van der Waals surface area contributed by atoms with Gasteiger partial charge in [0.25, 0.3) is 0 Å². The molecule has 6 nitrogen and oxygen atoms in total. The second-order valence-electron chi connectivity index (χ2n) is 5.43. The molecule has 120 valence electrons. The lowest BCUT2D eigenvalue weighted by molar-refractivity contribution is 0.106. The molecule has 0 aliphatic carbocycles. The Morgan fingerprint density at radius 2 is 1.75 bits per heavy atom. The molecule has 0 unspecified atom stereocenters. The van der Waals surface area contributed by atoms with Crippen LogP contribution in [0.1, 0.15) is 15.9 Å². The van der Waals surface area contributed by atoms with Gasteiger partial charge in [-0.15, -0.1) is 0 Å².